The maximum Gasteiger partial charge on any atom is 0.341 e. The molecule has 26 heavy (non-hydrogen) atoms. The quantitative estimate of drug-likeness (QED) is 0.797. The van der Waals surface area contributed by atoms with Gasteiger partial charge in [0, 0.05) is 5.69 Å². The van der Waals surface area contributed by atoms with Crippen molar-refractivity contribution in [3.63, 3.8) is 0 Å². The first kappa shape index (κ1) is 18.2. The van der Waals surface area contributed by atoms with E-state index in [0.717, 1.165) is 6.42 Å². The fraction of sp³-hybridized carbons (Fsp3) is 0.263. The number of anilines is 1. The van der Waals surface area contributed by atoms with Gasteiger partial charge in [0.15, 0.2) is 6.61 Å². The van der Waals surface area contributed by atoms with Crippen molar-refractivity contribution in [2.45, 2.75) is 24.7 Å². The summed E-state index contributed by atoms with van der Waals surface area (Å²) in [5, 5.41) is 11.6. The summed E-state index contributed by atoms with van der Waals surface area (Å²) in [5.41, 5.74) is 0.381. The fourth-order valence-corrected chi connectivity index (χ4v) is 3.28. The van der Waals surface area contributed by atoms with Crippen LogP contribution in [0.1, 0.15) is 24.8 Å². The number of rotatable bonds is 6. The van der Waals surface area contributed by atoms with Gasteiger partial charge in [0.05, 0.1) is 10.4 Å². The maximum absolute atomic E-state index is 13.6. The van der Waals surface area contributed by atoms with Crippen LogP contribution >= 0.6 is 11.6 Å². The predicted molar refractivity (Wildman–Crippen MR) is 95.1 cm³/mol. The van der Waals surface area contributed by atoms with Crippen LogP contribution in [0.15, 0.2) is 42.5 Å². The van der Waals surface area contributed by atoms with Crippen LogP contribution in [0, 0.1) is 5.82 Å². The Hall–Kier alpha value is -2.60. The number of hydrogen-bond donors (Lipinski definition) is 2. The lowest BCUT2D eigenvalue weighted by Crippen LogP contribution is -2.46. The van der Waals surface area contributed by atoms with Crippen molar-refractivity contribution in [2.75, 3.05) is 11.9 Å². The van der Waals surface area contributed by atoms with E-state index in [9.17, 15) is 14.0 Å². The third-order valence-corrected chi connectivity index (χ3v) is 4.86. The molecule has 2 aromatic carbocycles. The largest absolute Gasteiger partial charge is 0.480 e. The van der Waals surface area contributed by atoms with Gasteiger partial charge in [0.1, 0.15) is 11.6 Å². The van der Waals surface area contributed by atoms with E-state index in [2.05, 4.69) is 5.32 Å². The van der Waals surface area contributed by atoms with Gasteiger partial charge in [-0.05, 0) is 48.7 Å². The molecule has 1 saturated carbocycles. The van der Waals surface area contributed by atoms with Crippen LogP contribution in [-0.2, 0) is 15.0 Å². The van der Waals surface area contributed by atoms with Gasteiger partial charge in [0.2, 0.25) is 5.91 Å². The van der Waals surface area contributed by atoms with Crippen LogP contribution in [0.4, 0.5) is 10.1 Å². The molecule has 0 saturated heterocycles. The molecule has 0 spiro atoms. The Balaban J connectivity index is 1.76. The van der Waals surface area contributed by atoms with Gasteiger partial charge in [-0.2, -0.15) is 0 Å². The van der Waals surface area contributed by atoms with Gasteiger partial charge in [-0.3, -0.25) is 4.79 Å². The first-order valence-corrected chi connectivity index (χ1v) is 8.50. The number of halogens is 2. The van der Waals surface area contributed by atoms with Crippen LogP contribution in [0.3, 0.4) is 0 Å². The van der Waals surface area contributed by atoms with Gasteiger partial charge in [-0.15, -0.1) is 0 Å². The molecule has 1 amide bonds. The summed E-state index contributed by atoms with van der Waals surface area (Å²) in [6, 6.07) is 10.7. The molecule has 0 aromatic heterocycles. The third-order valence-electron chi connectivity index (χ3n) is 4.56. The number of carboxylic acids is 1. The number of benzene rings is 2. The monoisotopic (exact) mass is 377 g/mol. The normalized spacial score (nSPS) is 15.0. The van der Waals surface area contributed by atoms with E-state index in [-0.39, 0.29) is 22.5 Å². The van der Waals surface area contributed by atoms with Crippen LogP contribution < -0.4 is 10.1 Å². The van der Waals surface area contributed by atoms with Crippen LogP contribution in [0.25, 0.3) is 0 Å². The Morgan fingerprint density at radius 1 is 1.23 bits per heavy atom. The van der Waals surface area contributed by atoms with Crippen molar-refractivity contribution < 1.29 is 23.8 Å². The lowest BCUT2D eigenvalue weighted by molar-refractivity contribution is -0.139. The summed E-state index contributed by atoms with van der Waals surface area (Å²) in [4.78, 5) is 23.4. The van der Waals surface area contributed by atoms with E-state index in [0.29, 0.717) is 24.1 Å². The first-order chi connectivity index (χ1) is 12.4. The molecular formula is C19H17ClFNO4. The minimum Gasteiger partial charge on any atom is -0.480 e. The lowest BCUT2D eigenvalue weighted by atomic mass is 9.63. The molecule has 2 aromatic rings. The lowest BCUT2D eigenvalue weighted by Gasteiger charge is -2.40. The molecule has 0 unspecified atom stereocenters. The van der Waals surface area contributed by atoms with Gasteiger partial charge >= 0.3 is 5.97 Å². The number of ether oxygens (including phenoxy) is 1. The highest BCUT2D eigenvalue weighted by molar-refractivity contribution is 6.32. The summed E-state index contributed by atoms with van der Waals surface area (Å²) in [6.07, 6.45) is 2.19. The number of amides is 1. The molecule has 0 heterocycles. The molecule has 136 valence electrons. The second-order valence-electron chi connectivity index (χ2n) is 6.23. The summed E-state index contributed by atoms with van der Waals surface area (Å²) < 4.78 is 18.6. The molecule has 1 fully saturated rings. The highest BCUT2D eigenvalue weighted by Gasteiger charge is 2.45. The number of carbonyl (C=O) groups excluding carboxylic acids is 1. The molecule has 1 aliphatic carbocycles. The van der Waals surface area contributed by atoms with Crippen molar-refractivity contribution in [1.29, 1.82) is 0 Å². The van der Waals surface area contributed by atoms with E-state index in [4.69, 9.17) is 21.4 Å². The average Bonchev–Trinajstić information content (AvgIpc) is 2.53. The third kappa shape index (κ3) is 3.65. The van der Waals surface area contributed by atoms with E-state index in [1.54, 1.807) is 18.2 Å². The van der Waals surface area contributed by atoms with Crippen LogP contribution in [0.2, 0.25) is 5.02 Å². The number of nitrogens with one attached hydrogen (secondary N) is 1. The zero-order chi connectivity index (χ0) is 18.7. The standard InChI is InChI=1S/C19H17ClFNO4/c20-15-10-14(5-6-16(15)26-11-17(23)24)22-18(25)19(7-2-8-19)12-3-1-4-13(21)9-12/h1,3-6,9-10H,2,7-8,11H2,(H,22,25)(H,23,24). The molecule has 3 rings (SSSR count). The molecule has 0 aliphatic heterocycles. The molecule has 2 N–H and O–H groups in total. The Morgan fingerprint density at radius 3 is 2.58 bits per heavy atom. The van der Waals surface area contributed by atoms with E-state index in [1.165, 1.54) is 24.3 Å². The van der Waals surface area contributed by atoms with Gasteiger partial charge < -0.3 is 15.2 Å². The molecule has 0 atom stereocenters. The highest BCUT2D eigenvalue weighted by Crippen LogP contribution is 2.45. The van der Waals surface area contributed by atoms with Crippen LogP contribution in [0.5, 0.6) is 5.75 Å². The van der Waals surface area contributed by atoms with Gasteiger partial charge in [0.25, 0.3) is 0 Å². The summed E-state index contributed by atoms with van der Waals surface area (Å²) in [6.45, 7) is -0.506. The molecule has 1 aliphatic rings. The van der Waals surface area contributed by atoms with Crippen molar-refractivity contribution >= 4 is 29.2 Å². The van der Waals surface area contributed by atoms with Crippen molar-refractivity contribution in [3.8, 4) is 5.75 Å². The molecule has 5 nitrogen and oxygen atoms in total. The van der Waals surface area contributed by atoms with E-state index >= 15 is 0 Å². The predicted octanol–water partition coefficient (Wildman–Crippen LogP) is 4.00. The Kier molecular flexibility index (Phi) is 5.13. The Bertz CT molecular complexity index is 851. The van der Waals surface area contributed by atoms with Crippen molar-refractivity contribution in [1.82, 2.24) is 0 Å². The van der Waals surface area contributed by atoms with Crippen molar-refractivity contribution in [2.24, 2.45) is 0 Å². The number of carboxylic acid groups (broad SMARTS) is 1. The van der Waals surface area contributed by atoms with E-state index < -0.39 is 18.0 Å². The van der Waals surface area contributed by atoms with Gasteiger partial charge in [-0.25, -0.2) is 9.18 Å². The fourth-order valence-electron chi connectivity index (χ4n) is 3.05. The SMILES string of the molecule is O=C(O)COc1ccc(NC(=O)C2(c3cccc(F)c3)CCC2)cc1Cl. The zero-order valence-electron chi connectivity index (χ0n) is 13.8. The second kappa shape index (κ2) is 7.33. The second-order valence-corrected chi connectivity index (χ2v) is 6.63. The van der Waals surface area contributed by atoms with Crippen LogP contribution in [-0.4, -0.2) is 23.6 Å². The Morgan fingerprint density at radius 2 is 2.00 bits per heavy atom. The first-order valence-electron chi connectivity index (χ1n) is 8.12. The van der Waals surface area contributed by atoms with Gasteiger partial charge in [-0.1, -0.05) is 30.2 Å². The Labute approximate surface area is 154 Å². The zero-order valence-corrected chi connectivity index (χ0v) is 14.6. The minimum atomic E-state index is -1.11. The summed E-state index contributed by atoms with van der Waals surface area (Å²) in [7, 11) is 0. The van der Waals surface area contributed by atoms with Crippen molar-refractivity contribution in [3.05, 3.63) is 58.9 Å². The summed E-state index contributed by atoms with van der Waals surface area (Å²) in [5.74, 6) is -1.48. The topological polar surface area (TPSA) is 75.6 Å². The smallest absolute Gasteiger partial charge is 0.341 e. The molecular weight excluding hydrogens is 361 g/mol. The molecule has 0 bridgehead atoms. The minimum absolute atomic E-state index is 0.192. The summed E-state index contributed by atoms with van der Waals surface area (Å²) >= 11 is 6.08. The highest BCUT2D eigenvalue weighted by atomic mass is 35.5. The van der Waals surface area contributed by atoms with E-state index in [1.807, 2.05) is 0 Å². The molecule has 0 radical (unpaired) electrons. The molecule has 7 heteroatoms. The number of hydrogen-bond acceptors (Lipinski definition) is 3. The number of aliphatic carboxylic acids is 1. The maximum atomic E-state index is 13.6. The average molecular weight is 378 g/mol. The number of carbonyl (C=O) groups is 2.